The molecule has 0 radical (unpaired) electrons. The third-order valence-corrected chi connectivity index (χ3v) is 5.44. The molecule has 4 atom stereocenters. The van der Waals surface area contributed by atoms with Crippen molar-refractivity contribution >= 4 is 31.9 Å². The second kappa shape index (κ2) is 3.35. The van der Waals surface area contributed by atoms with Gasteiger partial charge in [0.2, 0.25) is 0 Å². The van der Waals surface area contributed by atoms with E-state index in [1.165, 1.54) is 25.7 Å². The van der Waals surface area contributed by atoms with Gasteiger partial charge in [0.15, 0.2) is 0 Å². The first-order chi connectivity index (χ1) is 5.27. The minimum Gasteiger partial charge on any atom is -0.370 e. The van der Waals surface area contributed by atoms with Crippen LogP contribution in [0.2, 0.25) is 0 Å². The van der Waals surface area contributed by atoms with Crippen LogP contribution in [0.1, 0.15) is 25.7 Å². The fourth-order valence-corrected chi connectivity index (χ4v) is 2.75. The number of rotatable bonds is 0. The van der Waals surface area contributed by atoms with Gasteiger partial charge in [-0.3, -0.25) is 0 Å². The molecule has 2 fully saturated rings. The largest absolute Gasteiger partial charge is 0.370 e. The maximum atomic E-state index is 5.49. The highest BCUT2D eigenvalue weighted by molar-refractivity contribution is 9.12. The van der Waals surface area contributed by atoms with Gasteiger partial charge in [0.25, 0.3) is 0 Å². The molecule has 1 aliphatic heterocycles. The highest BCUT2D eigenvalue weighted by Gasteiger charge is 2.40. The lowest BCUT2D eigenvalue weighted by Crippen LogP contribution is -2.18. The Morgan fingerprint density at radius 3 is 1.73 bits per heavy atom. The fourth-order valence-electron chi connectivity index (χ4n) is 1.70. The highest BCUT2D eigenvalue weighted by atomic mass is 79.9. The Morgan fingerprint density at radius 1 is 0.818 bits per heavy atom. The molecule has 0 amide bonds. The number of epoxide rings is 1. The zero-order valence-electron chi connectivity index (χ0n) is 6.30. The van der Waals surface area contributed by atoms with Crippen LogP contribution in [0, 0.1) is 0 Å². The summed E-state index contributed by atoms with van der Waals surface area (Å²) in [4.78, 5) is 1.29. The van der Waals surface area contributed by atoms with Crippen LogP contribution in [-0.2, 0) is 4.74 Å². The Morgan fingerprint density at radius 2 is 1.27 bits per heavy atom. The molecule has 11 heavy (non-hydrogen) atoms. The Kier molecular flexibility index (Phi) is 2.59. The molecule has 1 heterocycles. The molecule has 0 unspecified atom stereocenters. The average Bonchev–Trinajstić information content (AvgIpc) is 2.72. The van der Waals surface area contributed by atoms with Crippen molar-refractivity contribution in [2.24, 2.45) is 0 Å². The molecule has 2 aliphatic rings. The third-order valence-electron chi connectivity index (χ3n) is 2.53. The van der Waals surface area contributed by atoms with E-state index >= 15 is 0 Å². The van der Waals surface area contributed by atoms with Gasteiger partial charge in [-0.2, -0.15) is 0 Å². The summed E-state index contributed by atoms with van der Waals surface area (Å²) in [6.07, 6.45) is 6.18. The van der Waals surface area contributed by atoms with E-state index in [4.69, 9.17) is 4.74 Å². The summed E-state index contributed by atoms with van der Waals surface area (Å²) in [7, 11) is 0. The van der Waals surface area contributed by atoms with Gasteiger partial charge >= 0.3 is 0 Å². The molecule has 2 rings (SSSR count). The van der Waals surface area contributed by atoms with E-state index < -0.39 is 0 Å². The van der Waals surface area contributed by atoms with Gasteiger partial charge in [-0.1, -0.05) is 31.9 Å². The quantitative estimate of drug-likeness (QED) is 0.492. The molecule has 0 spiro atoms. The summed E-state index contributed by atoms with van der Waals surface area (Å²) in [6, 6.07) is 0. The van der Waals surface area contributed by atoms with Crippen LogP contribution < -0.4 is 0 Å². The molecule has 0 aromatic carbocycles. The van der Waals surface area contributed by atoms with Gasteiger partial charge < -0.3 is 4.74 Å². The molecule has 1 saturated carbocycles. The topological polar surface area (TPSA) is 12.5 Å². The van der Waals surface area contributed by atoms with Gasteiger partial charge in [0.1, 0.15) is 0 Å². The maximum Gasteiger partial charge on any atom is 0.0842 e. The van der Waals surface area contributed by atoms with E-state index in [1.807, 2.05) is 0 Å². The lowest BCUT2D eigenvalue weighted by atomic mass is 10.0. The molecule has 0 aromatic heterocycles. The summed E-state index contributed by atoms with van der Waals surface area (Å²) in [5.41, 5.74) is 0. The fraction of sp³-hybridized carbons (Fsp3) is 1.00. The predicted molar refractivity (Wildman–Crippen MR) is 52.6 cm³/mol. The highest BCUT2D eigenvalue weighted by Crippen LogP contribution is 2.37. The van der Waals surface area contributed by atoms with E-state index in [1.54, 1.807) is 0 Å². The number of alkyl halides is 2. The molecule has 1 aliphatic carbocycles. The molecular formula is C8H12Br2O. The van der Waals surface area contributed by atoms with Gasteiger partial charge in [-0.25, -0.2) is 0 Å². The van der Waals surface area contributed by atoms with Crippen LogP contribution in [-0.4, -0.2) is 21.9 Å². The molecule has 0 aromatic rings. The monoisotopic (exact) mass is 282 g/mol. The van der Waals surface area contributed by atoms with E-state index in [0.29, 0.717) is 21.9 Å². The molecule has 0 bridgehead atoms. The SMILES string of the molecule is Br[C@@H]1CC[C@H]2O[C@@H]2CC[C@H]1Br. The van der Waals surface area contributed by atoms with Crippen LogP contribution >= 0.6 is 31.9 Å². The van der Waals surface area contributed by atoms with Crippen molar-refractivity contribution < 1.29 is 4.74 Å². The van der Waals surface area contributed by atoms with Crippen molar-refractivity contribution in [3.8, 4) is 0 Å². The third kappa shape index (κ3) is 1.99. The van der Waals surface area contributed by atoms with Crippen LogP contribution in [0.5, 0.6) is 0 Å². The minimum absolute atomic E-state index is 0.607. The molecule has 0 N–H and O–H groups in total. The molecule has 1 saturated heterocycles. The summed E-state index contributed by atoms with van der Waals surface area (Å²) < 4.78 is 5.49. The second-order valence-electron chi connectivity index (χ2n) is 3.40. The normalized spacial score (nSPS) is 50.7. The van der Waals surface area contributed by atoms with Crippen molar-refractivity contribution in [1.29, 1.82) is 0 Å². The van der Waals surface area contributed by atoms with Crippen molar-refractivity contribution in [3.63, 3.8) is 0 Å². The van der Waals surface area contributed by atoms with E-state index in [2.05, 4.69) is 31.9 Å². The van der Waals surface area contributed by atoms with Gasteiger partial charge in [-0.15, -0.1) is 0 Å². The lowest BCUT2D eigenvalue weighted by Gasteiger charge is -2.17. The van der Waals surface area contributed by atoms with E-state index in [0.717, 1.165) is 0 Å². The number of halogens is 2. The second-order valence-corrected chi connectivity index (χ2v) is 5.75. The molecule has 3 heteroatoms. The summed E-state index contributed by atoms with van der Waals surface area (Å²) >= 11 is 7.36. The first-order valence-electron chi connectivity index (χ1n) is 4.21. The van der Waals surface area contributed by atoms with Gasteiger partial charge in [-0.05, 0) is 25.7 Å². The zero-order valence-corrected chi connectivity index (χ0v) is 9.47. The van der Waals surface area contributed by atoms with Crippen LogP contribution in [0.15, 0.2) is 0 Å². The average molecular weight is 284 g/mol. The summed E-state index contributed by atoms with van der Waals surface area (Å²) in [5.74, 6) is 0. The maximum absolute atomic E-state index is 5.49. The van der Waals surface area contributed by atoms with Gasteiger partial charge in [0.05, 0.1) is 12.2 Å². The van der Waals surface area contributed by atoms with Crippen molar-refractivity contribution in [2.45, 2.75) is 47.5 Å². The molecule has 64 valence electrons. The van der Waals surface area contributed by atoms with Gasteiger partial charge in [0, 0.05) is 9.65 Å². The molecular weight excluding hydrogens is 272 g/mol. The predicted octanol–water partition coefficient (Wildman–Crippen LogP) is 2.85. The standard InChI is InChI=1S/C8H12Br2O/c9-5-1-3-7-8(11-7)4-2-6(5)10/h5-8H,1-4H2/t5-,6-,7-,8-/m1/s1. The van der Waals surface area contributed by atoms with E-state index in [-0.39, 0.29) is 0 Å². The Labute approximate surface area is 84.1 Å². The number of ether oxygens (including phenoxy) is 1. The minimum atomic E-state index is 0.607. The number of fused-ring (bicyclic) bond motifs is 1. The summed E-state index contributed by atoms with van der Waals surface area (Å²) in [5, 5.41) is 0. The van der Waals surface area contributed by atoms with Crippen molar-refractivity contribution in [1.82, 2.24) is 0 Å². The van der Waals surface area contributed by atoms with Crippen molar-refractivity contribution in [2.75, 3.05) is 0 Å². The number of hydrogen-bond donors (Lipinski definition) is 0. The lowest BCUT2D eigenvalue weighted by molar-refractivity contribution is 0.358. The Hall–Kier alpha value is 0.920. The first-order valence-corrected chi connectivity index (χ1v) is 6.04. The number of hydrogen-bond acceptors (Lipinski definition) is 1. The van der Waals surface area contributed by atoms with Crippen LogP contribution in [0.3, 0.4) is 0 Å². The Bertz CT molecular complexity index is 135. The van der Waals surface area contributed by atoms with Crippen LogP contribution in [0.25, 0.3) is 0 Å². The van der Waals surface area contributed by atoms with Crippen LogP contribution in [0.4, 0.5) is 0 Å². The molecule has 1 nitrogen and oxygen atoms in total. The van der Waals surface area contributed by atoms with Crippen molar-refractivity contribution in [3.05, 3.63) is 0 Å². The first kappa shape index (κ1) is 8.52. The smallest absolute Gasteiger partial charge is 0.0842 e. The van der Waals surface area contributed by atoms with E-state index in [9.17, 15) is 0 Å². The zero-order chi connectivity index (χ0) is 7.84. The summed E-state index contributed by atoms with van der Waals surface area (Å²) in [6.45, 7) is 0. The Balaban J connectivity index is 1.89.